The monoisotopic (exact) mass is 170 g/mol. The summed E-state index contributed by atoms with van der Waals surface area (Å²) in [6, 6.07) is 0. The van der Waals surface area contributed by atoms with Crippen LogP contribution in [0.3, 0.4) is 0 Å². The molecule has 0 unspecified atom stereocenters. The Bertz CT molecular complexity index is 263. The highest BCUT2D eigenvalue weighted by Gasteiger charge is 2.29. The van der Waals surface area contributed by atoms with E-state index in [-0.39, 0.29) is 0 Å². The molecular formula is C8H11ClN2. The van der Waals surface area contributed by atoms with Crippen LogP contribution >= 0.6 is 11.6 Å². The van der Waals surface area contributed by atoms with E-state index in [0.717, 1.165) is 11.6 Å². The number of rotatable bonds is 2. The van der Waals surface area contributed by atoms with Crippen LogP contribution in [0.4, 0.5) is 0 Å². The second-order valence-corrected chi connectivity index (χ2v) is 3.37. The maximum atomic E-state index is 5.98. The van der Waals surface area contributed by atoms with E-state index in [1.807, 2.05) is 4.68 Å². The van der Waals surface area contributed by atoms with Gasteiger partial charge in [-0.05, 0) is 19.8 Å². The Morgan fingerprint density at radius 3 is 3.00 bits per heavy atom. The second-order valence-electron chi connectivity index (χ2n) is 2.97. The Labute approximate surface area is 71.2 Å². The third kappa shape index (κ3) is 1.16. The van der Waals surface area contributed by atoms with Crippen LogP contribution in [0.25, 0.3) is 0 Å². The number of nitrogens with zero attached hydrogens (tertiary/aromatic N) is 2. The first kappa shape index (κ1) is 7.17. The highest BCUT2D eigenvalue weighted by atomic mass is 35.5. The summed E-state index contributed by atoms with van der Waals surface area (Å²) in [5.74, 6) is 0.699. The fraction of sp³-hybridized carbons (Fsp3) is 0.625. The zero-order chi connectivity index (χ0) is 7.84. The minimum atomic E-state index is 0.699. The molecule has 0 N–H and O–H groups in total. The summed E-state index contributed by atoms with van der Waals surface area (Å²) in [4.78, 5) is 0. The van der Waals surface area contributed by atoms with Crippen LogP contribution in [0.2, 0.25) is 5.02 Å². The summed E-state index contributed by atoms with van der Waals surface area (Å²) in [6.45, 7) is 3.02. The van der Waals surface area contributed by atoms with Crippen LogP contribution in [0.15, 0.2) is 6.20 Å². The van der Waals surface area contributed by atoms with Crippen LogP contribution in [0, 0.1) is 0 Å². The summed E-state index contributed by atoms with van der Waals surface area (Å²) in [5.41, 5.74) is 1.24. The first-order valence-electron chi connectivity index (χ1n) is 4.04. The van der Waals surface area contributed by atoms with Crippen molar-refractivity contribution in [3.63, 3.8) is 0 Å². The van der Waals surface area contributed by atoms with E-state index in [1.54, 1.807) is 6.20 Å². The standard InChI is InChI=1S/C8H11ClN2/c1-2-11-8(6-3-4-6)7(9)5-10-11/h5-6H,2-4H2,1H3. The minimum Gasteiger partial charge on any atom is -0.268 e. The van der Waals surface area contributed by atoms with Crippen molar-refractivity contribution < 1.29 is 0 Å². The van der Waals surface area contributed by atoms with Gasteiger partial charge in [0.25, 0.3) is 0 Å². The average Bonchev–Trinajstić information content (AvgIpc) is 2.76. The number of halogens is 1. The van der Waals surface area contributed by atoms with Gasteiger partial charge >= 0.3 is 0 Å². The lowest BCUT2D eigenvalue weighted by molar-refractivity contribution is 0.623. The molecule has 1 aromatic heterocycles. The van der Waals surface area contributed by atoms with Crippen molar-refractivity contribution in [1.82, 2.24) is 9.78 Å². The smallest absolute Gasteiger partial charge is 0.0820 e. The summed E-state index contributed by atoms with van der Waals surface area (Å²) in [5, 5.41) is 5.02. The molecule has 2 nitrogen and oxygen atoms in total. The molecule has 0 aliphatic heterocycles. The predicted octanol–water partition coefficient (Wildman–Crippen LogP) is 2.43. The number of hydrogen-bond donors (Lipinski definition) is 0. The SMILES string of the molecule is CCn1ncc(Cl)c1C1CC1. The highest BCUT2D eigenvalue weighted by molar-refractivity contribution is 6.31. The van der Waals surface area contributed by atoms with Gasteiger partial charge in [0.15, 0.2) is 0 Å². The van der Waals surface area contributed by atoms with E-state index >= 15 is 0 Å². The Kier molecular flexibility index (Phi) is 1.64. The van der Waals surface area contributed by atoms with Crippen LogP contribution < -0.4 is 0 Å². The van der Waals surface area contributed by atoms with Gasteiger partial charge in [0.2, 0.25) is 0 Å². The Morgan fingerprint density at radius 2 is 2.45 bits per heavy atom. The molecule has 60 valence electrons. The molecule has 1 heterocycles. The maximum absolute atomic E-state index is 5.98. The van der Waals surface area contributed by atoms with Gasteiger partial charge in [-0.15, -0.1) is 0 Å². The van der Waals surface area contributed by atoms with Gasteiger partial charge in [-0.3, -0.25) is 4.68 Å². The molecule has 1 aliphatic carbocycles. The van der Waals surface area contributed by atoms with Gasteiger partial charge in [0.1, 0.15) is 0 Å². The zero-order valence-corrected chi connectivity index (χ0v) is 7.30. The van der Waals surface area contributed by atoms with E-state index in [1.165, 1.54) is 18.5 Å². The highest BCUT2D eigenvalue weighted by Crippen LogP contribution is 2.42. The molecular weight excluding hydrogens is 160 g/mol. The summed E-state index contributed by atoms with van der Waals surface area (Å²) < 4.78 is 2.00. The third-order valence-corrected chi connectivity index (χ3v) is 2.39. The Balaban J connectivity index is 2.38. The summed E-state index contributed by atoms with van der Waals surface area (Å²) >= 11 is 5.98. The molecule has 0 atom stereocenters. The lowest BCUT2D eigenvalue weighted by Gasteiger charge is -2.01. The molecule has 11 heavy (non-hydrogen) atoms. The second kappa shape index (κ2) is 2.52. The molecule has 0 aromatic carbocycles. The van der Waals surface area contributed by atoms with Crippen molar-refractivity contribution in [1.29, 1.82) is 0 Å². The number of hydrogen-bond acceptors (Lipinski definition) is 1. The van der Waals surface area contributed by atoms with Crippen molar-refractivity contribution in [2.75, 3.05) is 0 Å². The normalized spacial score (nSPS) is 17.3. The van der Waals surface area contributed by atoms with Gasteiger partial charge in [0, 0.05) is 12.5 Å². The molecule has 0 amide bonds. The molecule has 1 aliphatic rings. The molecule has 3 heteroatoms. The van der Waals surface area contributed by atoms with E-state index < -0.39 is 0 Å². The van der Waals surface area contributed by atoms with E-state index in [0.29, 0.717) is 5.92 Å². The third-order valence-electron chi connectivity index (χ3n) is 2.10. The molecule has 1 aromatic rings. The van der Waals surface area contributed by atoms with Crippen LogP contribution in [0.5, 0.6) is 0 Å². The molecule has 0 radical (unpaired) electrons. The summed E-state index contributed by atoms with van der Waals surface area (Å²) in [6.07, 6.45) is 4.32. The van der Waals surface area contributed by atoms with Crippen LogP contribution in [-0.4, -0.2) is 9.78 Å². The van der Waals surface area contributed by atoms with Crippen molar-refractivity contribution in [2.24, 2.45) is 0 Å². The fourth-order valence-corrected chi connectivity index (χ4v) is 1.68. The Morgan fingerprint density at radius 1 is 1.73 bits per heavy atom. The molecule has 1 fully saturated rings. The van der Waals surface area contributed by atoms with Gasteiger partial charge in [0.05, 0.1) is 16.9 Å². The number of aryl methyl sites for hydroxylation is 1. The number of aromatic nitrogens is 2. The van der Waals surface area contributed by atoms with Crippen molar-refractivity contribution in [2.45, 2.75) is 32.2 Å². The largest absolute Gasteiger partial charge is 0.268 e. The molecule has 0 bridgehead atoms. The van der Waals surface area contributed by atoms with Gasteiger partial charge in [-0.1, -0.05) is 11.6 Å². The Hall–Kier alpha value is -0.500. The molecule has 0 spiro atoms. The quantitative estimate of drug-likeness (QED) is 0.667. The van der Waals surface area contributed by atoms with Gasteiger partial charge < -0.3 is 0 Å². The molecule has 1 saturated carbocycles. The van der Waals surface area contributed by atoms with E-state index in [2.05, 4.69) is 12.0 Å². The minimum absolute atomic E-state index is 0.699. The molecule has 2 rings (SSSR count). The fourth-order valence-electron chi connectivity index (χ4n) is 1.39. The lowest BCUT2D eigenvalue weighted by atomic mass is 10.3. The van der Waals surface area contributed by atoms with E-state index in [4.69, 9.17) is 11.6 Å². The van der Waals surface area contributed by atoms with Crippen LogP contribution in [0.1, 0.15) is 31.4 Å². The maximum Gasteiger partial charge on any atom is 0.0820 e. The topological polar surface area (TPSA) is 17.8 Å². The van der Waals surface area contributed by atoms with Crippen molar-refractivity contribution in [3.05, 3.63) is 16.9 Å². The van der Waals surface area contributed by atoms with Gasteiger partial charge in [-0.25, -0.2) is 0 Å². The average molecular weight is 171 g/mol. The van der Waals surface area contributed by atoms with Gasteiger partial charge in [-0.2, -0.15) is 5.10 Å². The van der Waals surface area contributed by atoms with Crippen LogP contribution in [-0.2, 0) is 6.54 Å². The summed E-state index contributed by atoms with van der Waals surface area (Å²) in [7, 11) is 0. The first-order valence-corrected chi connectivity index (χ1v) is 4.42. The zero-order valence-electron chi connectivity index (χ0n) is 6.55. The van der Waals surface area contributed by atoms with E-state index in [9.17, 15) is 0 Å². The lowest BCUT2D eigenvalue weighted by Crippen LogP contribution is -2.00. The molecule has 0 saturated heterocycles. The van der Waals surface area contributed by atoms with Crippen molar-refractivity contribution in [3.8, 4) is 0 Å². The predicted molar refractivity (Wildman–Crippen MR) is 44.9 cm³/mol. The first-order chi connectivity index (χ1) is 5.33. The van der Waals surface area contributed by atoms with Crippen molar-refractivity contribution >= 4 is 11.6 Å².